The number of H-pyrrole nitrogens is 1. The third-order valence-electron chi connectivity index (χ3n) is 0.972. The average molecular weight is 211 g/mol. The van der Waals surface area contributed by atoms with E-state index in [0.717, 1.165) is 0 Å². The Kier molecular flexibility index (Phi) is 7.24. The van der Waals surface area contributed by atoms with E-state index in [1.54, 1.807) is 24.8 Å². The second-order valence-corrected chi connectivity index (χ2v) is 1.79. The summed E-state index contributed by atoms with van der Waals surface area (Å²) in [5.41, 5.74) is 0. The van der Waals surface area contributed by atoms with E-state index in [0.29, 0.717) is 0 Å². The molecule has 0 unspecified atom stereocenters. The summed E-state index contributed by atoms with van der Waals surface area (Å²) in [6.07, 6.45) is 6.96. The van der Waals surface area contributed by atoms with Gasteiger partial charge in [0.25, 0.3) is 0 Å². The first kappa shape index (κ1) is 10.9. The molecule has 0 aromatic carbocycles. The number of hydrogen-bond acceptors (Lipinski definition) is 2. The van der Waals surface area contributed by atoms with Gasteiger partial charge in [-0.3, -0.25) is 10.1 Å². The summed E-state index contributed by atoms with van der Waals surface area (Å²) in [4.78, 5) is 3.78. The van der Waals surface area contributed by atoms with Crippen LogP contribution in [0.25, 0.3) is 0 Å². The molecule has 1 radical (unpaired) electrons. The zero-order valence-corrected chi connectivity index (χ0v) is 7.26. The van der Waals surface area contributed by atoms with E-state index in [1.165, 1.54) is 0 Å². The van der Waals surface area contributed by atoms with Gasteiger partial charge in [-0.05, 0) is 18.2 Å². The number of nitrogens with zero attached hydrogens (tertiary/aromatic N) is 2. The summed E-state index contributed by atoms with van der Waals surface area (Å²) in [6, 6.07) is 7.55. The molecule has 2 rings (SSSR count). The zero-order valence-electron chi connectivity index (χ0n) is 6.31. The number of aromatic nitrogens is 3. The Morgan fingerprint density at radius 2 is 1.58 bits per heavy atom. The maximum atomic E-state index is 3.78. The van der Waals surface area contributed by atoms with E-state index in [2.05, 4.69) is 15.2 Å². The predicted molar refractivity (Wildman–Crippen MR) is 42.8 cm³/mol. The fourth-order valence-electron chi connectivity index (χ4n) is 0.528. The van der Waals surface area contributed by atoms with Gasteiger partial charge in [-0.1, -0.05) is 6.07 Å². The van der Waals surface area contributed by atoms with Crippen molar-refractivity contribution >= 4 is 0 Å². The van der Waals surface area contributed by atoms with Gasteiger partial charge in [-0.25, -0.2) is 0 Å². The van der Waals surface area contributed by atoms with Crippen molar-refractivity contribution in [2.45, 2.75) is 0 Å². The van der Waals surface area contributed by atoms with Crippen molar-refractivity contribution in [2.24, 2.45) is 0 Å². The minimum atomic E-state index is 0. The Labute approximate surface area is 81.7 Å². The molecule has 1 N–H and O–H groups in total. The fraction of sp³-hybridized carbons (Fsp3) is 0. The Bertz CT molecular complexity index is 200. The molecule has 0 fully saturated rings. The maximum Gasteiger partial charge on any atom is 0.0487 e. The van der Waals surface area contributed by atoms with Gasteiger partial charge in [-0.2, -0.15) is 5.10 Å². The van der Waals surface area contributed by atoms with Crippen LogP contribution in [0.4, 0.5) is 0 Å². The van der Waals surface area contributed by atoms with Crippen molar-refractivity contribution in [1.29, 1.82) is 0 Å². The summed E-state index contributed by atoms with van der Waals surface area (Å²) < 4.78 is 0. The first-order valence-electron chi connectivity index (χ1n) is 3.29. The van der Waals surface area contributed by atoms with Crippen LogP contribution in [-0.2, 0) is 17.1 Å². The zero-order chi connectivity index (χ0) is 7.78. The molecule has 2 heterocycles. The predicted octanol–water partition coefficient (Wildman–Crippen LogP) is 1.49. The van der Waals surface area contributed by atoms with Crippen molar-refractivity contribution in [3.8, 4) is 0 Å². The van der Waals surface area contributed by atoms with Gasteiger partial charge in [0.05, 0.1) is 0 Å². The molecule has 0 amide bonds. The van der Waals surface area contributed by atoms with Crippen LogP contribution in [-0.4, -0.2) is 15.2 Å². The summed E-state index contributed by atoms with van der Waals surface area (Å²) >= 11 is 0. The number of pyridine rings is 1. The number of hydrogen-bond donors (Lipinski definition) is 1. The van der Waals surface area contributed by atoms with Gasteiger partial charge in [0.1, 0.15) is 0 Å². The van der Waals surface area contributed by atoms with Gasteiger partial charge in [0.2, 0.25) is 0 Å². The van der Waals surface area contributed by atoms with Crippen molar-refractivity contribution in [3.05, 3.63) is 49.1 Å². The van der Waals surface area contributed by atoms with E-state index < -0.39 is 0 Å². The fourth-order valence-corrected chi connectivity index (χ4v) is 0.528. The van der Waals surface area contributed by atoms with E-state index in [-0.39, 0.29) is 17.1 Å². The van der Waals surface area contributed by atoms with Crippen molar-refractivity contribution in [2.75, 3.05) is 0 Å². The molecule has 2 aromatic rings. The molecule has 0 saturated carbocycles. The topological polar surface area (TPSA) is 41.6 Å². The van der Waals surface area contributed by atoms with Crippen molar-refractivity contribution < 1.29 is 17.1 Å². The second-order valence-electron chi connectivity index (χ2n) is 1.79. The quantitative estimate of drug-likeness (QED) is 0.670. The van der Waals surface area contributed by atoms with E-state index in [1.807, 2.05) is 24.3 Å². The molecular formula is C8H9CuN3. The molecule has 2 aromatic heterocycles. The molecule has 0 bridgehead atoms. The second kappa shape index (κ2) is 7.98. The molecule has 0 aliphatic heterocycles. The van der Waals surface area contributed by atoms with Crippen LogP contribution in [0.1, 0.15) is 0 Å². The van der Waals surface area contributed by atoms with Crippen LogP contribution >= 0.6 is 0 Å². The number of nitrogens with one attached hydrogen (secondary N) is 1. The van der Waals surface area contributed by atoms with Gasteiger partial charge in [-0.15, -0.1) is 0 Å². The van der Waals surface area contributed by atoms with Crippen molar-refractivity contribution in [3.63, 3.8) is 0 Å². The molecule has 67 valence electrons. The largest absolute Gasteiger partial charge is 0.286 e. The SMILES string of the molecule is [Cu].c1ccncc1.c1cn[nH]c1. The standard InChI is InChI=1S/C5H5N.C3H4N2.Cu/c1-2-4-6-5-3-1;1-2-4-5-3-1;/h1-5H;1-3H,(H,4,5);. The summed E-state index contributed by atoms with van der Waals surface area (Å²) in [5.74, 6) is 0. The smallest absolute Gasteiger partial charge is 0.0487 e. The molecule has 0 atom stereocenters. The molecule has 0 aliphatic rings. The van der Waals surface area contributed by atoms with E-state index in [4.69, 9.17) is 0 Å². The van der Waals surface area contributed by atoms with E-state index >= 15 is 0 Å². The Morgan fingerprint density at radius 1 is 0.833 bits per heavy atom. The van der Waals surface area contributed by atoms with Crippen molar-refractivity contribution in [1.82, 2.24) is 15.2 Å². The maximum absolute atomic E-state index is 3.78. The summed E-state index contributed by atoms with van der Waals surface area (Å²) in [6.45, 7) is 0. The molecule has 0 saturated heterocycles. The first-order valence-corrected chi connectivity index (χ1v) is 3.29. The average Bonchev–Trinajstić information content (AvgIpc) is 2.64. The number of aromatic amines is 1. The molecule has 12 heavy (non-hydrogen) atoms. The van der Waals surface area contributed by atoms with Crippen LogP contribution in [0.3, 0.4) is 0 Å². The van der Waals surface area contributed by atoms with E-state index in [9.17, 15) is 0 Å². The van der Waals surface area contributed by atoms with Crippen LogP contribution < -0.4 is 0 Å². The van der Waals surface area contributed by atoms with Gasteiger partial charge >= 0.3 is 0 Å². The van der Waals surface area contributed by atoms with Gasteiger partial charge < -0.3 is 0 Å². The number of rotatable bonds is 0. The third-order valence-corrected chi connectivity index (χ3v) is 0.972. The summed E-state index contributed by atoms with van der Waals surface area (Å²) in [7, 11) is 0. The molecule has 0 spiro atoms. The third kappa shape index (κ3) is 5.65. The summed E-state index contributed by atoms with van der Waals surface area (Å²) in [5, 5.41) is 6.21. The van der Waals surface area contributed by atoms with Gasteiger partial charge in [0, 0.05) is 41.9 Å². The molecular weight excluding hydrogens is 202 g/mol. The van der Waals surface area contributed by atoms with Gasteiger partial charge in [0.15, 0.2) is 0 Å². The van der Waals surface area contributed by atoms with Crippen LogP contribution in [0.5, 0.6) is 0 Å². The minimum Gasteiger partial charge on any atom is -0.286 e. The van der Waals surface area contributed by atoms with Crippen LogP contribution in [0.15, 0.2) is 49.1 Å². The minimum absolute atomic E-state index is 0. The Morgan fingerprint density at radius 3 is 1.75 bits per heavy atom. The first-order chi connectivity index (χ1) is 5.50. The Hall–Kier alpha value is -1.12. The van der Waals surface area contributed by atoms with Crippen LogP contribution in [0.2, 0.25) is 0 Å². The monoisotopic (exact) mass is 210 g/mol. The normalized spacial score (nSPS) is 7.33. The molecule has 0 aliphatic carbocycles. The molecule has 4 heteroatoms. The Balaban J connectivity index is 0.000000189. The molecule has 3 nitrogen and oxygen atoms in total. The van der Waals surface area contributed by atoms with Crippen LogP contribution in [0, 0.1) is 0 Å².